The standard InChI is InChI=1S/C23H25N3O6S/c1-13(19(27)25-14(2)21(29)31-6)24-20(28)16-11-18(33-12-16)15-7-9-17(10-8-15)26-22(30)32-23(3,4)5/h7-12H,1-2H2,3-6H3,(H,24,28)(H,25,27)(H,26,30). The molecule has 1 aromatic heterocycles. The number of carbonyl (C=O) groups excluding carboxylic acids is 4. The Labute approximate surface area is 195 Å². The fraction of sp³-hybridized carbons (Fsp3) is 0.217. The number of nitrogens with one attached hydrogen (secondary N) is 3. The van der Waals surface area contributed by atoms with E-state index in [0.29, 0.717) is 11.3 Å². The molecule has 1 aromatic carbocycles. The van der Waals surface area contributed by atoms with Crippen LogP contribution in [0.3, 0.4) is 0 Å². The Morgan fingerprint density at radius 2 is 1.61 bits per heavy atom. The molecule has 0 saturated carbocycles. The van der Waals surface area contributed by atoms with Crippen LogP contribution in [0, 0.1) is 0 Å². The van der Waals surface area contributed by atoms with Crippen LogP contribution in [-0.2, 0) is 19.1 Å². The fourth-order valence-electron chi connectivity index (χ4n) is 2.40. The van der Waals surface area contributed by atoms with Gasteiger partial charge in [-0.1, -0.05) is 25.3 Å². The Morgan fingerprint density at radius 1 is 0.970 bits per heavy atom. The summed E-state index contributed by atoms with van der Waals surface area (Å²) in [6.45, 7) is 12.2. The number of hydrogen-bond donors (Lipinski definition) is 3. The van der Waals surface area contributed by atoms with Gasteiger partial charge in [0.1, 0.15) is 11.3 Å². The third kappa shape index (κ3) is 7.62. The van der Waals surface area contributed by atoms with E-state index < -0.39 is 29.5 Å². The second-order valence-electron chi connectivity index (χ2n) is 7.76. The summed E-state index contributed by atoms with van der Waals surface area (Å²) >= 11 is 1.33. The van der Waals surface area contributed by atoms with E-state index in [4.69, 9.17) is 4.74 Å². The fourth-order valence-corrected chi connectivity index (χ4v) is 3.29. The first kappa shape index (κ1) is 25.3. The van der Waals surface area contributed by atoms with E-state index in [2.05, 4.69) is 33.8 Å². The molecule has 0 atom stereocenters. The van der Waals surface area contributed by atoms with Crippen LogP contribution in [-0.4, -0.2) is 36.6 Å². The largest absolute Gasteiger partial charge is 0.464 e. The highest BCUT2D eigenvalue weighted by molar-refractivity contribution is 7.13. The number of amides is 3. The molecule has 0 spiro atoms. The third-order valence-corrected chi connectivity index (χ3v) is 4.89. The third-order valence-electron chi connectivity index (χ3n) is 3.91. The number of methoxy groups -OCH3 is 1. The van der Waals surface area contributed by atoms with Gasteiger partial charge in [-0.05, 0) is 44.5 Å². The van der Waals surface area contributed by atoms with Crippen molar-refractivity contribution in [2.24, 2.45) is 0 Å². The summed E-state index contributed by atoms with van der Waals surface area (Å²) in [5, 5.41) is 8.86. The zero-order valence-corrected chi connectivity index (χ0v) is 19.6. The van der Waals surface area contributed by atoms with Crippen LogP contribution in [0.2, 0.25) is 0 Å². The Hall–Kier alpha value is -3.92. The van der Waals surface area contributed by atoms with Gasteiger partial charge in [-0.15, -0.1) is 11.3 Å². The minimum atomic E-state index is -0.808. The number of hydrogen-bond acceptors (Lipinski definition) is 7. The van der Waals surface area contributed by atoms with Crippen LogP contribution in [0.25, 0.3) is 10.4 Å². The molecule has 3 amide bonds. The Bertz CT molecular complexity index is 1100. The van der Waals surface area contributed by atoms with Gasteiger partial charge >= 0.3 is 12.1 Å². The van der Waals surface area contributed by atoms with Crippen LogP contribution in [0.15, 0.2) is 60.3 Å². The lowest BCUT2D eigenvalue weighted by Gasteiger charge is -2.19. The van der Waals surface area contributed by atoms with Gasteiger partial charge in [0, 0.05) is 15.9 Å². The lowest BCUT2D eigenvalue weighted by Crippen LogP contribution is -2.35. The second-order valence-corrected chi connectivity index (χ2v) is 8.67. The number of rotatable bonds is 7. The quantitative estimate of drug-likeness (QED) is 0.417. The van der Waals surface area contributed by atoms with Crippen LogP contribution < -0.4 is 16.0 Å². The highest BCUT2D eigenvalue weighted by Crippen LogP contribution is 2.28. The Morgan fingerprint density at radius 3 is 2.18 bits per heavy atom. The molecule has 10 heteroatoms. The van der Waals surface area contributed by atoms with Gasteiger partial charge in [-0.3, -0.25) is 14.9 Å². The molecule has 0 saturated heterocycles. The van der Waals surface area contributed by atoms with Crippen molar-refractivity contribution >= 4 is 40.9 Å². The molecule has 0 bridgehead atoms. The second kappa shape index (κ2) is 10.6. The zero-order chi connectivity index (χ0) is 24.8. The summed E-state index contributed by atoms with van der Waals surface area (Å²) in [4.78, 5) is 48.4. The maximum Gasteiger partial charge on any atom is 0.412 e. The summed E-state index contributed by atoms with van der Waals surface area (Å²) in [6.07, 6.45) is -0.551. The van der Waals surface area contributed by atoms with Crippen molar-refractivity contribution in [3.63, 3.8) is 0 Å². The summed E-state index contributed by atoms with van der Waals surface area (Å²) in [6, 6.07) is 8.70. The monoisotopic (exact) mass is 471 g/mol. The maximum atomic E-state index is 12.4. The summed E-state index contributed by atoms with van der Waals surface area (Å²) in [5.74, 6) is -2.14. The van der Waals surface area contributed by atoms with E-state index in [9.17, 15) is 19.2 Å². The van der Waals surface area contributed by atoms with E-state index in [1.54, 1.807) is 56.5 Å². The lowest BCUT2D eigenvalue weighted by molar-refractivity contribution is -0.137. The van der Waals surface area contributed by atoms with E-state index in [-0.39, 0.29) is 11.4 Å². The highest BCUT2D eigenvalue weighted by Gasteiger charge is 2.18. The van der Waals surface area contributed by atoms with E-state index in [1.165, 1.54) is 11.3 Å². The SMILES string of the molecule is C=C(NC(=O)c1csc(-c2ccc(NC(=O)OC(C)(C)C)cc2)c1)C(=O)NC(=C)C(=O)OC. The number of anilines is 1. The van der Waals surface area contributed by atoms with Crippen LogP contribution >= 0.6 is 11.3 Å². The maximum absolute atomic E-state index is 12.4. The van der Waals surface area contributed by atoms with Crippen molar-refractivity contribution in [1.29, 1.82) is 0 Å². The molecule has 0 fully saturated rings. The molecule has 2 rings (SSSR count). The van der Waals surface area contributed by atoms with Gasteiger partial charge < -0.3 is 20.1 Å². The zero-order valence-electron chi connectivity index (χ0n) is 18.7. The van der Waals surface area contributed by atoms with E-state index >= 15 is 0 Å². The molecule has 9 nitrogen and oxygen atoms in total. The molecule has 174 valence electrons. The first-order valence-electron chi connectivity index (χ1n) is 9.67. The molecule has 1 heterocycles. The summed E-state index contributed by atoms with van der Waals surface area (Å²) in [5.41, 5.74) is 0.597. The lowest BCUT2D eigenvalue weighted by atomic mass is 10.1. The van der Waals surface area contributed by atoms with Crippen molar-refractivity contribution in [3.8, 4) is 10.4 Å². The predicted molar refractivity (Wildman–Crippen MR) is 126 cm³/mol. The highest BCUT2D eigenvalue weighted by atomic mass is 32.1. The number of ether oxygens (including phenoxy) is 2. The molecule has 3 N–H and O–H groups in total. The first-order valence-corrected chi connectivity index (χ1v) is 10.6. The topological polar surface area (TPSA) is 123 Å². The van der Waals surface area contributed by atoms with Gasteiger partial charge in [0.05, 0.1) is 18.4 Å². The number of carbonyl (C=O) groups is 4. The molecule has 0 radical (unpaired) electrons. The minimum Gasteiger partial charge on any atom is -0.464 e. The normalized spacial score (nSPS) is 10.5. The average Bonchev–Trinajstić information content (AvgIpc) is 3.22. The molecular formula is C23H25N3O6S. The molecule has 0 aliphatic rings. The van der Waals surface area contributed by atoms with Gasteiger partial charge in [-0.2, -0.15) is 0 Å². The van der Waals surface area contributed by atoms with Gasteiger partial charge in [0.2, 0.25) is 0 Å². The molecule has 2 aromatic rings. The molecule has 0 aliphatic carbocycles. The van der Waals surface area contributed by atoms with E-state index in [1.807, 2.05) is 0 Å². The predicted octanol–water partition coefficient (Wildman–Crippen LogP) is 3.81. The smallest absolute Gasteiger partial charge is 0.412 e. The van der Waals surface area contributed by atoms with Crippen molar-refractivity contribution in [3.05, 3.63) is 65.8 Å². The summed E-state index contributed by atoms with van der Waals surface area (Å²) < 4.78 is 9.65. The van der Waals surface area contributed by atoms with Crippen LogP contribution in [0.4, 0.5) is 10.5 Å². The van der Waals surface area contributed by atoms with Crippen molar-refractivity contribution < 1.29 is 28.7 Å². The van der Waals surface area contributed by atoms with Crippen molar-refractivity contribution in [2.75, 3.05) is 12.4 Å². The molecule has 33 heavy (non-hydrogen) atoms. The average molecular weight is 472 g/mol. The van der Waals surface area contributed by atoms with Gasteiger partial charge in [0.25, 0.3) is 11.8 Å². The van der Waals surface area contributed by atoms with E-state index in [0.717, 1.165) is 17.6 Å². The van der Waals surface area contributed by atoms with Crippen LogP contribution in [0.1, 0.15) is 31.1 Å². The minimum absolute atomic E-state index is 0.254. The number of thiophene rings is 1. The Kier molecular flexibility index (Phi) is 8.14. The summed E-state index contributed by atoms with van der Waals surface area (Å²) in [7, 11) is 1.15. The Balaban J connectivity index is 1.98. The molecule has 0 unspecified atom stereocenters. The van der Waals surface area contributed by atoms with Gasteiger partial charge in [-0.25, -0.2) is 9.59 Å². The van der Waals surface area contributed by atoms with Crippen molar-refractivity contribution in [1.82, 2.24) is 10.6 Å². The molecule has 0 aliphatic heterocycles. The first-order chi connectivity index (χ1) is 15.4. The van der Waals surface area contributed by atoms with Crippen molar-refractivity contribution in [2.45, 2.75) is 26.4 Å². The van der Waals surface area contributed by atoms with Gasteiger partial charge in [0.15, 0.2) is 0 Å². The number of benzene rings is 1. The number of esters is 1. The van der Waals surface area contributed by atoms with Crippen LogP contribution in [0.5, 0.6) is 0 Å². The molecular weight excluding hydrogens is 446 g/mol.